The highest BCUT2D eigenvalue weighted by molar-refractivity contribution is 5.95. The first-order valence-corrected chi connectivity index (χ1v) is 8.68. The zero-order valence-electron chi connectivity index (χ0n) is 15.2. The fraction of sp³-hybridized carbons (Fsp3) is 0.353. The number of morpholine rings is 1. The van der Waals surface area contributed by atoms with E-state index < -0.39 is 23.9 Å². The third-order valence-electron chi connectivity index (χ3n) is 4.52. The maximum atomic E-state index is 13.3. The van der Waals surface area contributed by atoms with Crippen LogP contribution >= 0.6 is 0 Å². The maximum absolute atomic E-state index is 13.3. The summed E-state index contributed by atoms with van der Waals surface area (Å²) in [5, 5.41) is 10.8. The summed E-state index contributed by atoms with van der Waals surface area (Å²) in [6.45, 7) is 2.05. The Morgan fingerprint density at radius 1 is 1.39 bits per heavy atom. The number of pyridine rings is 1. The van der Waals surface area contributed by atoms with Crippen LogP contribution in [0.4, 0.5) is 10.3 Å². The first kappa shape index (κ1) is 18.0. The van der Waals surface area contributed by atoms with Gasteiger partial charge in [0.25, 0.3) is 5.91 Å². The molecule has 0 aromatic carbocycles. The molecule has 3 aromatic rings. The highest BCUT2D eigenvalue weighted by atomic mass is 19.1. The number of carbonyl (C=O) groups is 2. The van der Waals surface area contributed by atoms with Crippen molar-refractivity contribution >= 4 is 23.4 Å². The second-order valence-corrected chi connectivity index (χ2v) is 6.38. The van der Waals surface area contributed by atoms with Gasteiger partial charge in [-0.05, 0) is 19.1 Å². The van der Waals surface area contributed by atoms with Crippen molar-refractivity contribution in [2.45, 2.75) is 19.1 Å². The average molecular weight is 387 g/mol. The number of aromatic nitrogens is 5. The number of rotatable bonds is 4. The molecule has 0 radical (unpaired) electrons. The van der Waals surface area contributed by atoms with Crippen molar-refractivity contribution in [3.05, 3.63) is 42.1 Å². The highest BCUT2D eigenvalue weighted by Crippen LogP contribution is 2.30. The summed E-state index contributed by atoms with van der Waals surface area (Å²) in [5.41, 5.74) is 1.07. The molecule has 1 saturated heterocycles. The quantitative estimate of drug-likeness (QED) is 0.700. The van der Waals surface area contributed by atoms with Crippen LogP contribution in [0.5, 0.6) is 0 Å². The monoisotopic (exact) mass is 387 g/mol. The van der Waals surface area contributed by atoms with Gasteiger partial charge in [-0.3, -0.25) is 19.6 Å². The average Bonchev–Trinajstić information content (AvgIpc) is 3.26. The molecule has 2 atom stereocenters. The number of fused-ring (bicyclic) bond motifs is 1. The SMILES string of the molecule is CCN1C(=O)CO[C@H](C(=O)Nc2nc3ccc(F)cn3n2)[C@H]1c1cnn(C)c1. The lowest BCUT2D eigenvalue weighted by atomic mass is 10.00. The highest BCUT2D eigenvalue weighted by Gasteiger charge is 2.42. The summed E-state index contributed by atoms with van der Waals surface area (Å²) >= 11 is 0. The van der Waals surface area contributed by atoms with Crippen LogP contribution in [0.25, 0.3) is 5.65 Å². The van der Waals surface area contributed by atoms with E-state index in [1.807, 2.05) is 6.92 Å². The largest absolute Gasteiger partial charge is 0.356 e. The molecule has 28 heavy (non-hydrogen) atoms. The summed E-state index contributed by atoms with van der Waals surface area (Å²) in [4.78, 5) is 30.9. The Morgan fingerprint density at radius 3 is 2.93 bits per heavy atom. The standard InChI is InChI=1S/C17H18FN7O3/c1-3-24-13(26)9-28-15(14(24)10-6-19-23(2)7-10)16(27)21-17-20-12-5-4-11(18)8-25(12)22-17/h4-8,14-15H,3,9H2,1-2H3,(H,21,22,27)/t14-,15+/m1/s1. The molecule has 4 heterocycles. The maximum Gasteiger partial charge on any atom is 0.258 e. The molecule has 0 bridgehead atoms. The number of nitrogens with one attached hydrogen (secondary N) is 1. The van der Waals surface area contributed by atoms with Crippen LogP contribution in [-0.4, -0.2) is 60.3 Å². The van der Waals surface area contributed by atoms with Gasteiger partial charge in [0.05, 0.1) is 18.4 Å². The molecule has 0 unspecified atom stereocenters. The van der Waals surface area contributed by atoms with E-state index in [1.54, 1.807) is 29.0 Å². The molecule has 4 rings (SSSR count). The van der Waals surface area contributed by atoms with Gasteiger partial charge >= 0.3 is 0 Å². The third-order valence-corrected chi connectivity index (χ3v) is 4.52. The molecular formula is C17H18FN7O3. The summed E-state index contributed by atoms with van der Waals surface area (Å²) in [5.74, 6) is -1.17. The Kier molecular flexibility index (Phi) is 4.51. The minimum atomic E-state index is -0.967. The van der Waals surface area contributed by atoms with Crippen molar-refractivity contribution in [3.63, 3.8) is 0 Å². The fourth-order valence-electron chi connectivity index (χ4n) is 3.29. The van der Waals surface area contributed by atoms with Crippen molar-refractivity contribution in [1.29, 1.82) is 0 Å². The van der Waals surface area contributed by atoms with Gasteiger partial charge in [-0.2, -0.15) is 10.1 Å². The van der Waals surface area contributed by atoms with Gasteiger partial charge in [0.1, 0.15) is 12.4 Å². The van der Waals surface area contributed by atoms with Crippen LogP contribution in [0.3, 0.4) is 0 Å². The molecule has 2 amide bonds. The first-order valence-electron chi connectivity index (χ1n) is 8.68. The van der Waals surface area contributed by atoms with Crippen molar-refractivity contribution < 1.29 is 18.7 Å². The van der Waals surface area contributed by atoms with Gasteiger partial charge in [-0.1, -0.05) is 0 Å². The van der Waals surface area contributed by atoms with E-state index in [-0.39, 0.29) is 18.5 Å². The lowest BCUT2D eigenvalue weighted by Crippen LogP contribution is -2.53. The molecule has 1 fully saturated rings. The van der Waals surface area contributed by atoms with Crippen LogP contribution in [0.2, 0.25) is 0 Å². The molecular weight excluding hydrogens is 369 g/mol. The Labute approximate surface area is 158 Å². The predicted molar refractivity (Wildman–Crippen MR) is 94.7 cm³/mol. The zero-order valence-corrected chi connectivity index (χ0v) is 15.2. The smallest absolute Gasteiger partial charge is 0.258 e. The number of aryl methyl sites for hydroxylation is 1. The van der Waals surface area contributed by atoms with Crippen molar-refractivity contribution in [2.75, 3.05) is 18.5 Å². The third kappa shape index (κ3) is 3.20. The van der Waals surface area contributed by atoms with Gasteiger partial charge in [-0.25, -0.2) is 8.91 Å². The van der Waals surface area contributed by atoms with Crippen molar-refractivity contribution in [2.24, 2.45) is 7.05 Å². The van der Waals surface area contributed by atoms with Crippen LogP contribution in [0.15, 0.2) is 30.7 Å². The summed E-state index contributed by atoms with van der Waals surface area (Å²) in [6.07, 6.45) is 3.53. The molecule has 0 saturated carbocycles. The number of halogens is 1. The van der Waals surface area contributed by atoms with E-state index in [1.165, 1.54) is 16.6 Å². The second kappa shape index (κ2) is 7.00. The number of nitrogens with zero attached hydrogens (tertiary/aromatic N) is 6. The Bertz CT molecular complexity index is 1050. The summed E-state index contributed by atoms with van der Waals surface area (Å²) < 4.78 is 21.7. The van der Waals surface area contributed by atoms with Crippen LogP contribution in [-0.2, 0) is 21.4 Å². The lowest BCUT2D eigenvalue weighted by Gasteiger charge is -2.39. The molecule has 1 aliphatic heterocycles. The van der Waals surface area contributed by atoms with E-state index in [9.17, 15) is 14.0 Å². The Hall–Kier alpha value is -3.34. The van der Waals surface area contributed by atoms with Crippen molar-refractivity contribution in [3.8, 4) is 0 Å². The first-order chi connectivity index (χ1) is 13.5. The number of amides is 2. The van der Waals surface area contributed by atoms with Gasteiger partial charge < -0.3 is 9.64 Å². The molecule has 146 valence electrons. The summed E-state index contributed by atoms with van der Waals surface area (Å²) in [7, 11) is 1.75. The Balaban J connectivity index is 1.62. The minimum Gasteiger partial charge on any atom is -0.356 e. The Morgan fingerprint density at radius 2 is 2.21 bits per heavy atom. The molecule has 0 aliphatic carbocycles. The number of likely N-dealkylation sites (N-methyl/N-ethyl adjacent to an activating group) is 1. The topological polar surface area (TPSA) is 107 Å². The summed E-state index contributed by atoms with van der Waals surface area (Å²) in [6, 6.07) is 2.07. The number of anilines is 1. The van der Waals surface area contributed by atoms with Gasteiger partial charge in [0.15, 0.2) is 11.8 Å². The van der Waals surface area contributed by atoms with Crippen LogP contribution < -0.4 is 5.32 Å². The second-order valence-electron chi connectivity index (χ2n) is 6.38. The molecule has 1 aliphatic rings. The van der Waals surface area contributed by atoms with Crippen molar-refractivity contribution in [1.82, 2.24) is 29.3 Å². The minimum absolute atomic E-state index is 0.0177. The van der Waals surface area contributed by atoms with E-state index in [0.29, 0.717) is 17.8 Å². The van der Waals surface area contributed by atoms with Gasteiger partial charge in [0, 0.05) is 25.4 Å². The number of ether oxygens (including phenoxy) is 1. The lowest BCUT2D eigenvalue weighted by molar-refractivity contribution is -0.162. The fourth-order valence-corrected chi connectivity index (χ4v) is 3.29. The van der Waals surface area contributed by atoms with Crippen LogP contribution in [0, 0.1) is 5.82 Å². The van der Waals surface area contributed by atoms with E-state index in [2.05, 4.69) is 20.5 Å². The number of hydrogen-bond donors (Lipinski definition) is 1. The van der Waals surface area contributed by atoms with E-state index in [0.717, 1.165) is 6.20 Å². The van der Waals surface area contributed by atoms with Crippen LogP contribution in [0.1, 0.15) is 18.5 Å². The predicted octanol–water partition coefficient (Wildman–Crippen LogP) is 0.529. The van der Waals surface area contributed by atoms with E-state index in [4.69, 9.17) is 4.74 Å². The molecule has 3 aromatic heterocycles. The van der Waals surface area contributed by atoms with Gasteiger partial charge in [-0.15, -0.1) is 5.10 Å². The van der Waals surface area contributed by atoms with E-state index >= 15 is 0 Å². The number of carbonyl (C=O) groups excluding carboxylic acids is 2. The van der Waals surface area contributed by atoms with Gasteiger partial charge in [0.2, 0.25) is 11.9 Å². The molecule has 1 N–H and O–H groups in total. The molecule has 10 nitrogen and oxygen atoms in total. The zero-order chi connectivity index (χ0) is 19.8. The molecule has 11 heteroatoms. The molecule has 0 spiro atoms. The number of hydrogen-bond acceptors (Lipinski definition) is 6. The normalized spacial score (nSPS) is 20.0.